The molecule has 3 N–H and O–H groups in total. The maximum Gasteiger partial charge on any atom is 0.291 e. The lowest BCUT2D eigenvalue weighted by molar-refractivity contribution is -0.733. The first kappa shape index (κ1) is 19.4. The number of benzene rings is 1. The Morgan fingerprint density at radius 2 is 2.07 bits per heavy atom. The smallest absolute Gasteiger partial charge is 0.291 e. The number of carbonyl (C=O) groups excluding carboxylic acids is 3. The van der Waals surface area contributed by atoms with Crippen molar-refractivity contribution < 1.29 is 24.1 Å². The van der Waals surface area contributed by atoms with Crippen LogP contribution in [0.4, 0.5) is 10.1 Å². The van der Waals surface area contributed by atoms with Crippen LogP contribution in [0.3, 0.4) is 0 Å². The number of amides is 3. The number of likely N-dealkylation sites (tertiary alicyclic amines) is 1. The van der Waals surface area contributed by atoms with E-state index in [1.165, 1.54) is 23.1 Å². The molecule has 0 radical (unpaired) electrons. The van der Waals surface area contributed by atoms with Crippen molar-refractivity contribution in [2.45, 2.75) is 44.3 Å². The Balaban J connectivity index is 1.86. The fourth-order valence-corrected chi connectivity index (χ4v) is 5.60. The number of imide groups is 1. The van der Waals surface area contributed by atoms with Gasteiger partial charge in [0.25, 0.3) is 5.91 Å². The average Bonchev–Trinajstić information content (AvgIpc) is 3.25. The lowest BCUT2D eigenvalue weighted by Crippen LogP contribution is -2.99. The maximum atomic E-state index is 14.1. The van der Waals surface area contributed by atoms with Crippen molar-refractivity contribution in [2.24, 2.45) is 11.8 Å². The van der Waals surface area contributed by atoms with Crippen molar-refractivity contribution in [3.63, 3.8) is 0 Å². The molecule has 1 spiro atoms. The van der Waals surface area contributed by atoms with Crippen LogP contribution in [0.1, 0.15) is 32.3 Å². The van der Waals surface area contributed by atoms with Crippen LogP contribution in [0.25, 0.3) is 0 Å². The van der Waals surface area contributed by atoms with E-state index in [-0.39, 0.29) is 29.8 Å². The predicted molar refractivity (Wildman–Crippen MR) is 104 cm³/mol. The molecule has 5 atom stereocenters. The summed E-state index contributed by atoms with van der Waals surface area (Å²) in [5.41, 5.74) is -0.277. The van der Waals surface area contributed by atoms with E-state index in [2.05, 4.69) is 5.32 Å². The van der Waals surface area contributed by atoms with Crippen molar-refractivity contribution in [3.05, 3.63) is 29.6 Å². The molecule has 1 aromatic carbocycles. The standard InChI is InChI=1S/C20H24FN3O3S/c1-4-10(2)24-17(25)15-14(7-8-28-3)23-20(16(15)18(24)26)12-9-11(21)5-6-13(12)22-19(20)27/h5-6,9-10,14-16,23H,4,7-8H2,1-3H3,(H,22,27)/p+1/t10-,14-,15+,16-,20+/m0/s1. The number of carbonyl (C=O) groups is 3. The summed E-state index contributed by atoms with van der Waals surface area (Å²) in [6, 6.07) is 3.75. The number of hydrogen-bond acceptors (Lipinski definition) is 4. The second kappa shape index (κ2) is 6.84. The molecule has 0 aliphatic carbocycles. The zero-order chi connectivity index (χ0) is 20.2. The van der Waals surface area contributed by atoms with Crippen molar-refractivity contribution in [1.82, 2.24) is 4.90 Å². The summed E-state index contributed by atoms with van der Waals surface area (Å²) in [5.74, 6) is -1.83. The number of nitrogens with two attached hydrogens (primary N) is 1. The first-order chi connectivity index (χ1) is 13.4. The average molecular weight is 407 g/mol. The summed E-state index contributed by atoms with van der Waals surface area (Å²) < 4.78 is 14.1. The summed E-state index contributed by atoms with van der Waals surface area (Å²) >= 11 is 1.67. The van der Waals surface area contributed by atoms with Crippen molar-refractivity contribution in [3.8, 4) is 0 Å². The SMILES string of the molecule is CC[C@H](C)N1C(=O)[C@@H]2[C@H](CCSC)[NH2+][C@@]3(C(=O)Nc4ccc(F)cc43)[C@@H]2C1=O. The lowest BCUT2D eigenvalue weighted by Gasteiger charge is -2.28. The number of nitrogens with one attached hydrogen (secondary N) is 1. The topological polar surface area (TPSA) is 83.1 Å². The first-order valence-corrected chi connectivity index (χ1v) is 11.1. The van der Waals surface area contributed by atoms with E-state index in [9.17, 15) is 18.8 Å². The van der Waals surface area contributed by atoms with Crippen LogP contribution in [-0.4, -0.2) is 46.7 Å². The Bertz CT molecular complexity index is 863. The molecule has 0 saturated carbocycles. The third kappa shape index (κ3) is 2.47. The zero-order valence-electron chi connectivity index (χ0n) is 16.2. The molecule has 2 saturated heterocycles. The highest BCUT2D eigenvalue weighted by Crippen LogP contribution is 2.50. The molecule has 1 aromatic rings. The van der Waals surface area contributed by atoms with Gasteiger partial charge in [-0.15, -0.1) is 0 Å². The van der Waals surface area contributed by atoms with Crippen LogP contribution in [0, 0.1) is 17.7 Å². The third-order valence-electron chi connectivity index (χ3n) is 6.55. The highest BCUT2D eigenvalue weighted by Gasteiger charge is 2.74. The molecule has 8 heteroatoms. The Morgan fingerprint density at radius 3 is 2.75 bits per heavy atom. The Hall–Kier alpha value is -1.93. The van der Waals surface area contributed by atoms with E-state index >= 15 is 0 Å². The molecule has 3 heterocycles. The number of thioether (sulfide) groups is 1. The molecular weight excluding hydrogens is 381 g/mol. The minimum atomic E-state index is -1.28. The number of hydrogen-bond donors (Lipinski definition) is 2. The molecule has 4 rings (SSSR count). The van der Waals surface area contributed by atoms with E-state index < -0.39 is 23.2 Å². The van der Waals surface area contributed by atoms with Crippen LogP contribution < -0.4 is 10.6 Å². The van der Waals surface area contributed by atoms with E-state index in [0.717, 1.165) is 5.75 Å². The molecule has 150 valence electrons. The van der Waals surface area contributed by atoms with Gasteiger partial charge in [-0.3, -0.25) is 19.3 Å². The van der Waals surface area contributed by atoms with Crippen molar-refractivity contribution in [2.75, 3.05) is 17.3 Å². The monoisotopic (exact) mass is 406 g/mol. The number of quaternary nitrogens is 1. The van der Waals surface area contributed by atoms with Crippen LogP contribution in [0.5, 0.6) is 0 Å². The quantitative estimate of drug-likeness (QED) is 0.717. The van der Waals surface area contributed by atoms with Gasteiger partial charge >= 0.3 is 0 Å². The van der Waals surface area contributed by atoms with Crippen LogP contribution in [0.15, 0.2) is 18.2 Å². The third-order valence-corrected chi connectivity index (χ3v) is 7.20. The van der Waals surface area contributed by atoms with Crippen molar-refractivity contribution in [1.29, 1.82) is 0 Å². The highest BCUT2D eigenvalue weighted by atomic mass is 32.2. The second-order valence-corrected chi connectivity index (χ2v) is 8.92. The number of rotatable bonds is 5. The minimum absolute atomic E-state index is 0.192. The van der Waals surface area contributed by atoms with Gasteiger partial charge in [0.2, 0.25) is 17.4 Å². The fourth-order valence-electron chi connectivity index (χ4n) is 5.09. The summed E-state index contributed by atoms with van der Waals surface area (Å²) in [4.78, 5) is 41.2. The first-order valence-electron chi connectivity index (χ1n) is 9.70. The molecule has 0 unspecified atom stereocenters. The number of fused-ring (bicyclic) bond motifs is 4. The van der Waals surface area contributed by atoms with Gasteiger partial charge in [0.15, 0.2) is 0 Å². The van der Waals surface area contributed by atoms with Gasteiger partial charge in [-0.1, -0.05) is 6.92 Å². The van der Waals surface area contributed by atoms with Gasteiger partial charge in [-0.2, -0.15) is 11.8 Å². The number of nitrogens with zero attached hydrogens (tertiary/aromatic N) is 1. The van der Waals surface area contributed by atoms with Crippen LogP contribution in [-0.2, 0) is 19.9 Å². The van der Waals surface area contributed by atoms with Gasteiger partial charge in [0.05, 0.1) is 5.69 Å². The second-order valence-electron chi connectivity index (χ2n) is 7.93. The van der Waals surface area contributed by atoms with Gasteiger partial charge in [-0.25, -0.2) is 4.39 Å². The Labute approximate surface area is 167 Å². The van der Waals surface area contributed by atoms with Crippen molar-refractivity contribution >= 4 is 35.2 Å². The van der Waals surface area contributed by atoms with Crippen LogP contribution in [0.2, 0.25) is 0 Å². The number of anilines is 1. The Morgan fingerprint density at radius 1 is 1.32 bits per heavy atom. The Kier molecular flexibility index (Phi) is 4.74. The molecule has 0 bridgehead atoms. The molecule has 28 heavy (non-hydrogen) atoms. The summed E-state index contributed by atoms with van der Waals surface area (Å²) in [6.07, 6.45) is 3.35. The summed E-state index contributed by atoms with van der Waals surface area (Å²) in [6.45, 7) is 3.78. The summed E-state index contributed by atoms with van der Waals surface area (Å²) in [5, 5.41) is 4.68. The molecule has 3 amide bonds. The van der Waals surface area contributed by atoms with E-state index in [0.29, 0.717) is 24.1 Å². The van der Waals surface area contributed by atoms with E-state index in [1.54, 1.807) is 11.8 Å². The molecule has 0 aromatic heterocycles. The van der Waals surface area contributed by atoms with Gasteiger partial charge < -0.3 is 10.6 Å². The maximum absolute atomic E-state index is 14.1. The molecule has 3 aliphatic heterocycles. The predicted octanol–water partition coefficient (Wildman–Crippen LogP) is 1.07. The van der Waals surface area contributed by atoms with Gasteiger partial charge in [0, 0.05) is 18.0 Å². The van der Waals surface area contributed by atoms with Crippen LogP contribution >= 0.6 is 11.8 Å². The number of halogens is 1. The minimum Gasteiger partial charge on any atom is -0.326 e. The highest BCUT2D eigenvalue weighted by molar-refractivity contribution is 7.98. The lowest BCUT2D eigenvalue weighted by atomic mass is 9.76. The van der Waals surface area contributed by atoms with E-state index in [1.807, 2.05) is 25.4 Å². The fraction of sp³-hybridized carbons (Fsp3) is 0.550. The molecular formula is C20H25FN3O3S+. The van der Waals surface area contributed by atoms with E-state index in [4.69, 9.17) is 0 Å². The largest absolute Gasteiger partial charge is 0.326 e. The van der Waals surface area contributed by atoms with Gasteiger partial charge in [-0.05, 0) is 43.6 Å². The molecule has 2 fully saturated rings. The van der Waals surface area contributed by atoms with Gasteiger partial charge in [0.1, 0.15) is 23.7 Å². The summed E-state index contributed by atoms with van der Waals surface area (Å²) in [7, 11) is 0. The molecule has 3 aliphatic rings. The molecule has 6 nitrogen and oxygen atoms in total. The normalized spacial score (nSPS) is 32.1. The zero-order valence-corrected chi connectivity index (χ0v) is 17.0.